The van der Waals surface area contributed by atoms with Crippen LogP contribution < -0.4 is 10.2 Å². The largest absolute Gasteiger partial charge is 0.371 e. The normalized spacial score (nSPS) is 20.1. The maximum Gasteiger partial charge on any atom is 0.0411 e. The van der Waals surface area contributed by atoms with Crippen LogP contribution in [0.4, 0.5) is 5.69 Å². The molecule has 0 aromatic heterocycles. The monoisotopic (exact) mass is 246 g/mol. The molecule has 0 aliphatic carbocycles. The molecule has 1 atom stereocenters. The van der Waals surface area contributed by atoms with Crippen molar-refractivity contribution in [2.45, 2.75) is 39.7 Å². The van der Waals surface area contributed by atoms with E-state index in [9.17, 15) is 0 Å². The molecular formula is C16H26N2. The van der Waals surface area contributed by atoms with Gasteiger partial charge in [0.1, 0.15) is 0 Å². The number of anilines is 1. The molecule has 1 aliphatic heterocycles. The Bertz CT molecular complexity index is 362. The maximum absolute atomic E-state index is 3.44. The van der Waals surface area contributed by atoms with Gasteiger partial charge in [-0.15, -0.1) is 0 Å². The zero-order valence-electron chi connectivity index (χ0n) is 11.8. The van der Waals surface area contributed by atoms with Crippen molar-refractivity contribution >= 4 is 5.69 Å². The molecule has 1 aliphatic rings. The summed E-state index contributed by atoms with van der Waals surface area (Å²) in [5.41, 5.74) is 2.88. The topological polar surface area (TPSA) is 15.3 Å². The summed E-state index contributed by atoms with van der Waals surface area (Å²) in [5, 5.41) is 3.44. The van der Waals surface area contributed by atoms with Crippen LogP contribution in [0.1, 0.15) is 38.7 Å². The Balaban J connectivity index is 2.11. The van der Waals surface area contributed by atoms with Crippen LogP contribution in [-0.2, 0) is 6.54 Å². The number of nitrogens with one attached hydrogen (secondary N) is 1. The lowest BCUT2D eigenvalue weighted by molar-refractivity contribution is 0.404. The summed E-state index contributed by atoms with van der Waals surface area (Å²) in [4.78, 5) is 2.59. The highest BCUT2D eigenvalue weighted by Gasteiger charge is 2.20. The second kappa shape index (κ2) is 6.79. The van der Waals surface area contributed by atoms with Crippen molar-refractivity contribution in [3.05, 3.63) is 29.8 Å². The number of rotatable bonds is 5. The fourth-order valence-electron chi connectivity index (χ4n) is 2.85. The van der Waals surface area contributed by atoms with Crippen molar-refractivity contribution in [1.82, 2.24) is 5.32 Å². The van der Waals surface area contributed by atoms with Crippen molar-refractivity contribution in [3.63, 3.8) is 0 Å². The average Bonchev–Trinajstić information content (AvgIpc) is 2.45. The molecule has 2 nitrogen and oxygen atoms in total. The summed E-state index contributed by atoms with van der Waals surface area (Å²) in [6.45, 7) is 8.96. The lowest BCUT2D eigenvalue weighted by Crippen LogP contribution is -2.36. The quantitative estimate of drug-likeness (QED) is 0.856. The van der Waals surface area contributed by atoms with Crippen molar-refractivity contribution in [2.75, 3.05) is 24.5 Å². The molecule has 1 aromatic rings. The molecule has 1 saturated heterocycles. The molecule has 0 amide bonds. The predicted molar refractivity (Wildman–Crippen MR) is 79.1 cm³/mol. The van der Waals surface area contributed by atoms with Gasteiger partial charge in [0.15, 0.2) is 0 Å². The van der Waals surface area contributed by atoms with E-state index in [4.69, 9.17) is 0 Å². The number of piperidine rings is 1. The van der Waals surface area contributed by atoms with Gasteiger partial charge in [-0.3, -0.25) is 0 Å². The molecular weight excluding hydrogens is 220 g/mol. The van der Waals surface area contributed by atoms with E-state index in [2.05, 4.69) is 48.3 Å². The number of para-hydroxylation sites is 1. The van der Waals surface area contributed by atoms with Crippen LogP contribution in [0, 0.1) is 5.92 Å². The summed E-state index contributed by atoms with van der Waals surface area (Å²) < 4.78 is 0. The SMILES string of the molecule is CCNCc1ccccc1N1CCCC(CC)C1. The Morgan fingerprint density at radius 2 is 2.11 bits per heavy atom. The van der Waals surface area contributed by atoms with Gasteiger partial charge in [-0.2, -0.15) is 0 Å². The number of hydrogen-bond acceptors (Lipinski definition) is 2. The van der Waals surface area contributed by atoms with Gasteiger partial charge in [0.25, 0.3) is 0 Å². The Kier molecular flexibility index (Phi) is 5.06. The van der Waals surface area contributed by atoms with E-state index in [1.165, 1.54) is 43.6 Å². The molecule has 0 saturated carbocycles. The van der Waals surface area contributed by atoms with Crippen LogP contribution in [0.15, 0.2) is 24.3 Å². The van der Waals surface area contributed by atoms with Gasteiger partial charge in [-0.25, -0.2) is 0 Å². The van der Waals surface area contributed by atoms with Gasteiger partial charge < -0.3 is 10.2 Å². The number of benzene rings is 1. The molecule has 0 spiro atoms. The molecule has 1 heterocycles. The molecule has 18 heavy (non-hydrogen) atoms. The van der Waals surface area contributed by atoms with Gasteiger partial charge in [0.2, 0.25) is 0 Å². The summed E-state index contributed by atoms with van der Waals surface area (Å²) in [6, 6.07) is 8.86. The Morgan fingerprint density at radius 3 is 2.89 bits per heavy atom. The lowest BCUT2D eigenvalue weighted by atomic mass is 9.94. The summed E-state index contributed by atoms with van der Waals surface area (Å²) >= 11 is 0. The van der Waals surface area contributed by atoms with Crippen LogP contribution in [-0.4, -0.2) is 19.6 Å². The van der Waals surface area contributed by atoms with Crippen molar-refractivity contribution in [3.8, 4) is 0 Å². The van der Waals surface area contributed by atoms with E-state index < -0.39 is 0 Å². The third-order valence-corrected chi connectivity index (χ3v) is 3.99. The Labute approximate surface area is 111 Å². The Morgan fingerprint density at radius 1 is 1.28 bits per heavy atom. The molecule has 1 aromatic carbocycles. The number of hydrogen-bond donors (Lipinski definition) is 1. The molecule has 1 fully saturated rings. The molecule has 0 bridgehead atoms. The van der Waals surface area contributed by atoms with E-state index >= 15 is 0 Å². The fourth-order valence-corrected chi connectivity index (χ4v) is 2.85. The predicted octanol–water partition coefficient (Wildman–Crippen LogP) is 3.42. The van der Waals surface area contributed by atoms with Crippen LogP contribution in [0.3, 0.4) is 0 Å². The first kappa shape index (κ1) is 13.4. The van der Waals surface area contributed by atoms with Crippen molar-refractivity contribution in [2.24, 2.45) is 5.92 Å². The zero-order chi connectivity index (χ0) is 12.8. The molecule has 2 heteroatoms. The minimum Gasteiger partial charge on any atom is -0.371 e. The van der Waals surface area contributed by atoms with Gasteiger partial charge in [0, 0.05) is 25.3 Å². The second-order valence-corrected chi connectivity index (χ2v) is 5.27. The van der Waals surface area contributed by atoms with E-state index in [0.717, 1.165) is 19.0 Å². The van der Waals surface area contributed by atoms with Gasteiger partial charge >= 0.3 is 0 Å². The minimum atomic E-state index is 0.881. The highest BCUT2D eigenvalue weighted by Crippen LogP contribution is 2.27. The lowest BCUT2D eigenvalue weighted by Gasteiger charge is -2.35. The number of nitrogens with zero attached hydrogens (tertiary/aromatic N) is 1. The molecule has 1 unspecified atom stereocenters. The average molecular weight is 246 g/mol. The van der Waals surface area contributed by atoms with Crippen LogP contribution in [0.2, 0.25) is 0 Å². The Hall–Kier alpha value is -1.02. The highest BCUT2D eigenvalue weighted by atomic mass is 15.1. The third kappa shape index (κ3) is 3.26. The molecule has 100 valence electrons. The first-order valence-electron chi connectivity index (χ1n) is 7.38. The first-order chi connectivity index (χ1) is 8.85. The summed E-state index contributed by atoms with van der Waals surface area (Å²) in [6.07, 6.45) is 4.06. The minimum absolute atomic E-state index is 0.881. The van der Waals surface area contributed by atoms with Gasteiger partial charge in [-0.05, 0) is 36.9 Å². The third-order valence-electron chi connectivity index (χ3n) is 3.99. The molecule has 2 rings (SSSR count). The van der Waals surface area contributed by atoms with Crippen LogP contribution in [0.25, 0.3) is 0 Å². The van der Waals surface area contributed by atoms with E-state index in [1.807, 2.05) is 0 Å². The zero-order valence-corrected chi connectivity index (χ0v) is 11.8. The van der Waals surface area contributed by atoms with E-state index in [1.54, 1.807) is 0 Å². The van der Waals surface area contributed by atoms with Crippen molar-refractivity contribution < 1.29 is 0 Å². The summed E-state index contributed by atoms with van der Waals surface area (Å²) in [5.74, 6) is 0.881. The molecule has 0 radical (unpaired) electrons. The van der Waals surface area contributed by atoms with Gasteiger partial charge in [0.05, 0.1) is 0 Å². The standard InChI is InChI=1S/C16H26N2/c1-3-14-8-7-11-18(13-14)16-10-6-5-9-15(16)12-17-4-2/h5-6,9-10,14,17H,3-4,7-8,11-13H2,1-2H3. The maximum atomic E-state index is 3.44. The van der Waals surface area contributed by atoms with E-state index in [-0.39, 0.29) is 0 Å². The van der Waals surface area contributed by atoms with Crippen LogP contribution in [0.5, 0.6) is 0 Å². The first-order valence-corrected chi connectivity index (χ1v) is 7.38. The smallest absolute Gasteiger partial charge is 0.0411 e. The van der Waals surface area contributed by atoms with Gasteiger partial charge in [-0.1, -0.05) is 38.5 Å². The van der Waals surface area contributed by atoms with Crippen molar-refractivity contribution in [1.29, 1.82) is 0 Å². The highest BCUT2D eigenvalue weighted by molar-refractivity contribution is 5.54. The fraction of sp³-hybridized carbons (Fsp3) is 0.625. The molecule has 1 N–H and O–H groups in total. The van der Waals surface area contributed by atoms with E-state index in [0.29, 0.717) is 0 Å². The summed E-state index contributed by atoms with van der Waals surface area (Å²) in [7, 11) is 0. The second-order valence-electron chi connectivity index (χ2n) is 5.27. The van der Waals surface area contributed by atoms with Crippen LogP contribution >= 0.6 is 0 Å².